The average Bonchev–Trinajstić information content (AvgIpc) is 3.29. The van der Waals surface area contributed by atoms with E-state index in [1.165, 1.54) is 0 Å². The first-order chi connectivity index (χ1) is 16.7. The Balaban J connectivity index is 1.74. The van der Waals surface area contributed by atoms with Crippen LogP contribution in [0.25, 0.3) is 0 Å². The predicted octanol–water partition coefficient (Wildman–Crippen LogP) is 1.45. The molecule has 1 aromatic carbocycles. The van der Waals surface area contributed by atoms with E-state index in [0.29, 0.717) is 27.8 Å². The van der Waals surface area contributed by atoms with Gasteiger partial charge in [0.05, 0.1) is 24.2 Å². The second-order valence-corrected chi connectivity index (χ2v) is 9.81. The molecule has 35 heavy (non-hydrogen) atoms. The molecule has 2 aliphatic rings. The summed E-state index contributed by atoms with van der Waals surface area (Å²) in [6.45, 7) is 2.91. The van der Waals surface area contributed by atoms with Crippen molar-refractivity contribution in [3.8, 4) is 11.5 Å². The molecule has 0 bridgehead atoms. The second-order valence-electron chi connectivity index (χ2n) is 7.64. The number of esters is 1. The lowest BCUT2D eigenvalue weighted by Crippen LogP contribution is -2.36. The Labute approximate surface area is 207 Å². The van der Waals surface area contributed by atoms with E-state index in [1.807, 2.05) is 0 Å². The molecule has 1 saturated heterocycles. The number of hydrogen-bond donors (Lipinski definition) is 2. The molecule has 3 atom stereocenters. The van der Waals surface area contributed by atoms with E-state index in [0.717, 1.165) is 28.0 Å². The number of nitrogens with one attached hydrogen (secondary N) is 1. The van der Waals surface area contributed by atoms with Gasteiger partial charge in [0.2, 0.25) is 11.8 Å². The number of likely N-dealkylation sites (tertiary alicyclic amines) is 1. The summed E-state index contributed by atoms with van der Waals surface area (Å²) in [7, 11) is 0. The van der Waals surface area contributed by atoms with Gasteiger partial charge in [0.15, 0.2) is 18.1 Å². The fourth-order valence-corrected chi connectivity index (χ4v) is 6.71. The van der Waals surface area contributed by atoms with Gasteiger partial charge in [-0.3, -0.25) is 24.1 Å². The molecule has 2 aliphatic heterocycles. The van der Waals surface area contributed by atoms with Crippen LogP contribution in [0, 0.1) is 5.92 Å². The molecular formula is C22H22N2O9S2. The Morgan fingerprint density at radius 3 is 2.54 bits per heavy atom. The van der Waals surface area contributed by atoms with Gasteiger partial charge in [-0.2, -0.15) is 0 Å². The van der Waals surface area contributed by atoms with Crippen molar-refractivity contribution in [2.45, 2.75) is 30.0 Å². The molecule has 3 heterocycles. The van der Waals surface area contributed by atoms with Crippen molar-refractivity contribution in [1.29, 1.82) is 0 Å². The molecule has 4 rings (SSSR count). The van der Waals surface area contributed by atoms with Gasteiger partial charge in [-0.15, -0.1) is 0 Å². The number of hydrogen-bond acceptors (Lipinski definition) is 10. The minimum Gasteiger partial charge on any atom is -0.490 e. The number of nitrogens with zero attached hydrogens (tertiary/aromatic N) is 1. The van der Waals surface area contributed by atoms with Crippen LogP contribution in [0.5, 0.6) is 11.5 Å². The number of amides is 2. The quantitative estimate of drug-likeness (QED) is 0.366. The molecule has 0 aliphatic carbocycles. The zero-order chi connectivity index (χ0) is 25.3. The van der Waals surface area contributed by atoms with Gasteiger partial charge >= 0.3 is 16.8 Å². The van der Waals surface area contributed by atoms with Crippen molar-refractivity contribution >= 4 is 46.9 Å². The van der Waals surface area contributed by atoms with Gasteiger partial charge in [-0.25, -0.2) is 4.79 Å². The van der Waals surface area contributed by atoms with Crippen molar-refractivity contribution in [3.63, 3.8) is 0 Å². The Hall–Kier alpha value is -3.32. The van der Waals surface area contributed by atoms with E-state index < -0.39 is 47.4 Å². The van der Waals surface area contributed by atoms with E-state index in [4.69, 9.17) is 14.2 Å². The van der Waals surface area contributed by atoms with Crippen LogP contribution >= 0.6 is 23.1 Å². The summed E-state index contributed by atoms with van der Waals surface area (Å²) in [6, 6.07) is 4.90. The van der Waals surface area contributed by atoms with E-state index in [-0.39, 0.29) is 23.8 Å². The van der Waals surface area contributed by atoms with E-state index in [2.05, 4.69) is 4.98 Å². The Morgan fingerprint density at radius 2 is 1.86 bits per heavy atom. The molecule has 1 aromatic heterocycles. The first-order valence-corrected chi connectivity index (χ1v) is 12.5. The Bertz CT molecular complexity index is 1240. The smallest absolute Gasteiger partial charge is 0.344 e. The number of thiazole rings is 1. The van der Waals surface area contributed by atoms with Gasteiger partial charge in [0, 0.05) is 10.8 Å². The van der Waals surface area contributed by atoms with Crippen LogP contribution in [0.1, 0.15) is 30.2 Å². The summed E-state index contributed by atoms with van der Waals surface area (Å²) in [4.78, 5) is 65.0. The van der Waals surface area contributed by atoms with Crippen LogP contribution in [-0.4, -0.2) is 70.4 Å². The molecule has 0 saturated carbocycles. The van der Waals surface area contributed by atoms with E-state index >= 15 is 0 Å². The fraction of sp³-hybridized carbons (Fsp3) is 0.409. The zero-order valence-electron chi connectivity index (χ0n) is 18.8. The molecule has 2 unspecified atom stereocenters. The summed E-state index contributed by atoms with van der Waals surface area (Å²) >= 11 is 2.01. The maximum atomic E-state index is 13.2. The number of H-pyrrole nitrogens is 1. The molecule has 11 nitrogen and oxygen atoms in total. The molecule has 0 radical (unpaired) electrons. The highest BCUT2D eigenvalue weighted by atomic mass is 32.2. The number of carboxylic acid groups (broad SMARTS) is 1. The Kier molecular flexibility index (Phi) is 7.17. The highest BCUT2D eigenvalue weighted by Crippen LogP contribution is 2.53. The molecule has 0 spiro atoms. The van der Waals surface area contributed by atoms with Crippen LogP contribution in [-0.2, 0) is 23.9 Å². The minimum absolute atomic E-state index is 0.217. The van der Waals surface area contributed by atoms with Gasteiger partial charge in [-0.1, -0.05) is 29.2 Å². The number of aliphatic carboxylic acids is 1. The van der Waals surface area contributed by atoms with Gasteiger partial charge in [-0.05, 0) is 31.5 Å². The normalized spacial score (nSPS) is 20.9. The van der Waals surface area contributed by atoms with Crippen LogP contribution in [0.3, 0.4) is 0 Å². The molecule has 2 amide bonds. The van der Waals surface area contributed by atoms with Crippen molar-refractivity contribution in [2.75, 3.05) is 26.4 Å². The van der Waals surface area contributed by atoms with Crippen molar-refractivity contribution in [3.05, 3.63) is 38.3 Å². The average molecular weight is 523 g/mol. The zero-order valence-corrected chi connectivity index (χ0v) is 20.4. The number of thioether (sulfide) groups is 1. The molecule has 2 aromatic rings. The topological polar surface area (TPSA) is 152 Å². The van der Waals surface area contributed by atoms with Crippen LogP contribution in [0.2, 0.25) is 0 Å². The third-order valence-corrected chi connectivity index (χ3v) is 7.89. The summed E-state index contributed by atoms with van der Waals surface area (Å²) in [5.41, 5.74) is 0.585. The maximum absolute atomic E-state index is 13.2. The second kappa shape index (κ2) is 10.1. The number of carboxylic acids is 1. The largest absolute Gasteiger partial charge is 0.490 e. The number of carbonyl (C=O) groups is 4. The van der Waals surface area contributed by atoms with Crippen molar-refractivity contribution < 1.29 is 38.5 Å². The number of rotatable bonds is 9. The number of ether oxygens (including phenoxy) is 3. The fourth-order valence-electron chi connectivity index (χ4n) is 4.17. The lowest BCUT2D eigenvalue weighted by atomic mass is 9.83. The van der Waals surface area contributed by atoms with E-state index in [1.54, 1.807) is 32.0 Å². The molecule has 1 fully saturated rings. The minimum atomic E-state index is -1.29. The summed E-state index contributed by atoms with van der Waals surface area (Å²) < 4.78 is 16.1. The number of imide groups is 1. The lowest BCUT2D eigenvalue weighted by molar-refractivity contribution is -0.149. The maximum Gasteiger partial charge on any atom is 0.344 e. The molecule has 2 N–H and O–H groups in total. The van der Waals surface area contributed by atoms with Crippen molar-refractivity contribution in [1.82, 2.24) is 9.88 Å². The predicted molar refractivity (Wildman–Crippen MR) is 124 cm³/mol. The van der Waals surface area contributed by atoms with Crippen LogP contribution < -0.4 is 14.3 Å². The van der Waals surface area contributed by atoms with Crippen LogP contribution in [0.15, 0.2) is 28.0 Å². The first kappa shape index (κ1) is 24.8. The van der Waals surface area contributed by atoms with Gasteiger partial charge in [0.25, 0.3) is 0 Å². The van der Waals surface area contributed by atoms with Crippen molar-refractivity contribution in [2.24, 2.45) is 5.92 Å². The SMILES string of the molecule is CCOC(=O)COc1ccc([C@H]2c3sc(=O)[nH]c3SC3C(=O)N(CC(=O)O)C(=O)C32)cc1OCC. The number of aromatic amines is 1. The molecular weight excluding hydrogens is 500 g/mol. The van der Waals surface area contributed by atoms with Gasteiger partial charge in [0.1, 0.15) is 11.8 Å². The molecule has 13 heteroatoms. The lowest BCUT2D eigenvalue weighted by Gasteiger charge is -2.30. The third-order valence-electron chi connectivity index (χ3n) is 5.49. The molecule has 186 valence electrons. The number of carbonyl (C=O) groups excluding carboxylic acids is 3. The Morgan fingerprint density at radius 1 is 1.09 bits per heavy atom. The number of fused-ring (bicyclic) bond motifs is 2. The first-order valence-electron chi connectivity index (χ1n) is 10.8. The summed E-state index contributed by atoms with van der Waals surface area (Å²) in [5, 5.41) is 8.79. The van der Waals surface area contributed by atoms with Gasteiger partial charge < -0.3 is 24.3 Å². The van der Waals surface area contributed by atoms with E-state index in [9.17, 15) is 29.1 Å². The number of aromatic nitrogens is 1. The highest BCUT2D eigenvalue weighted by Gasteiger charge is 2.56. The number of benzene rings is 1. The standard InChI is InChI=1S/C22H22N2O9S2/c1-3-31-12-7-10(5-6-11(12)33-9-14(27)32-4-2)15-16-18(34-19-17(15)35-22(30)23-19)21(29)24(20(16)28)8-13(25)26/h5-7,15-16,18H,3-4,8-9H2,1-2H3,(H,23,30)(H,25,26)/t15-,16?,18?/m1/s1. The summed E-state index contributed by atoms with van der Waals surface area (Å²) in [6.07, 6.45) is 0. The highest BCUT2D eigenvalue weighted by molar-refractivity contribution is 8.00. The third kappa shape index (κ3) is 4.78. The van der Waals surface area contributed by atoms with Crippen LogP contribution in [0.4, 0.5) is 0 Å². The monoisotopic (exact) mass is 522 g/mol. The summed E-state index contributed by atoms with van der Waals surface area (Å²) in [5.74, 6) is -4.03.